The fourth-order valence-electron chi connectivity index (χ4n) is 3.89. The normalized spacial score (nSPS) is 15.1. The van der Waals surface area contributed by atoms with Crippen LogP contribution in [0.1, 0.15) is 30.4 Å². The zero-order valence-corrected chi connectivity index (χ0v) is 15.7. The highest BCUT2D eigenvalue weighted by molar-refractivity contribution is 5.87. The van der Waals surface area contributed by atoms with Crippen LogP contribution in [0.2, 0.25) is 0 Å². The Morgan fingerprint density at radius 3 is 2.52 bits per heavy atom. The second-order valence-corrected chi connectivity index (χ2v) is 7.39. The molecule has 1 N–H and O–H groups in total. The molecule has 0 saturated carbocycles. The lowest BCUT2D eigenvalue weighted by Crippen LogP contribution is -2.33. The maximum atomic E-state index is 9.68. The molecule has 3 aromatic rings. The predicted octanol–water partition coefficient (Wildman–Crippen LogP) is 5.00. The molecule has 0 unspecified atom stereocenters. The summed E-state index contributed by atoms with van der Waals surface area (Å²) in [5, 5.41) is 11.9. The van der Waals surface area contributed by atoms with E-state index in [9.17, 15) is 5.11 Å². The van der Waals surface area contributed by atoms with Crippen molar-refractivity contribution < 1.29 is 9.84 Å². The molecule has 1 aliphatic rings. The van der Waals surface area contributed by atoms with E-state index in [2.05, 4.69) is 41.3 Å². The third-order valence-corrected chi connectivity index (χ3v) is 5.40. The van der Waals surface area contributed by atoms with E-state index in [4.69, 9.17) is 4.74 Å². The smallest absolute Gasteiger partial charge is 0.119 e. The van der Waals surface area contributed by atoms with Gasteiger partial charge in [0.2, 0.25) is 0 Å². The standard InChI is InChI=1S/C24H27NO2/c26-22-9-12-24-20(5-4-6-21(24)18-22)17-19-7-10-23(11-8-19)27-16-15-25-13-2-1-3-14-25/h4-12,18,26H,1-3,13-17H2. The number of hydrogen-bond donors (Lipinski definition) is 1. The molecule has 0 aliphatic carbocycles. The number of rotatable bonds is 6. The van der Waals surface area contributed by atoms with Crippen molar-refractivity contribution in [3.8, 4) is 11.5 Å². The van der Waals surface area contributed by atoms with Crippen LogP contribution in [-0.2, 0) is 6.42 Å². The second-order valence-electron chi connectivity index (χ2n) is 7.39. The van der Waals surface area contributed by atoms with Gasteiger partial charge in [0.05, 0.1) is 0 Å². The first kappa shape index (κ1) is 17.9. The Morgan fingerprint density at radius 1 is 0.889 bits per heavy atom. The molecule has 4 rings (SSSR count). The number of hydrogen-bond acceptors (Lipinski definition) is 3. The van der Waals surface area contributed by atoms with Gasteiger partial charge in [-0.15, -0.1) is 0 Å². The molecule has 0 bridgehead atoms. The topological polar surface area (TPSA) is 32.7 Å². The van der Waals surface area contributed by atoms with Crippen molar-refractivity contribution in [1.82, 2.24) is 4.90 Å². The first-order valence-electron chi connectivity index (χ1n) is 9.93. The van der Waals surface area contributed by atoms with Crippen LogP contribution in [0.3, 0.4) is 0 Å². The Morgan fingerprint density at radius 2 is 1.70 bits per heavy atom. The van der Waals surface area contributed by atoms with Crippen molar-refractivity contribution in [2.75, 3.05) is 26.2 Å². The largest absolute Gasteiger partial charge is 0.508 e. The highest BCUT2D eigenvalue weighted by Gasteiger charge is 2.09. The van der Waals surface area contributed by atoms with E-state index in [-0.39, 0.29) is 0 Å². The van der Waals surface area contributed by atoms with Crippen LogP contribution >= 0.6 is 0 Å². The van der Waals surface area contributed by atoms with Gasteiger partial charge < -0.3 is 9.84 Å². The molecule has 0 spiro atoms. The van der Waals surface area contributed by atoms with Gasteiger partial charge in [0, 0.05) is 6.54 Å². The molecule has 27 heavy (non-hydrogen) atoms. The quantitative estimate of drug-likeness (QED) is 0.670. The number of aromatic hydroxyl groups is 1. The Bertz CT molecular complexity index is 883. The number of fused-ring (bicyclic) bond motifs is 1. The number of ether oxygens (including phenoxy) is 1. The molecule has 140 valence electrons. The first-order chi connectivity index (χ1) is 13.3. The van der Waals surface area contributed by atoms with Crippen LogP contribution < -0.4 is 4.74 Å². The average molecular weight is 361 g/mol. The van der Waals surface area contributed by atoms with Gasteiger partial charge in [0.1, 0.15) is 18.1 Å². The van der Waals surface area contributed by atoms with E-state index < -0.39 is 0 Å². The van der Waals surface area contributed by atoms with Crippen LogP contribution in [-0.4, -0.2) is 36.2 Å². The molecular weight excluding hydrogens is 334 g/mol. The molecule has 3 nitrogen and oxygen atoms in total. The minimum absolute atomic E-state index is 0.311. The molecule has 0 atom stereocenters. The third-order valence-electron chi connectivity index (χ3n) is 5.40. The van der Waals surface area contributed by atoms with Gasteiger partial charge in [-0.1, -0.05) is 42.8 Å². The van der Waals surface area contributed by atoms with Crippen molar-refractivity contribution >= 4 is 10.8 Å². The summed E-state index contributed by atoms with van der Waals surface area (Å²) in [5.74, 6) is 1.25. The van der Waals surface area contributed by atoms with Gasteiger partial charge in [-0.25, -0.2) is 0 Å². The summed E-state index contributed by atoms with van der Waals surface area (Å²) in [4.78, 5) is 2.50. The van der Waals surface area contributed by atoms with Crippen LogP contribution in [0.4, 0.5) is 0 Å². The molecule has 1 fully saturated rings. The lowest BCUT2D eigenvalue weighted by molar-refractivity contribution is 0.183. The summed E-state index contributed by atoms with van der Waals surface area (Å²) in [5.41, 5.74) is 2.53. The van der Waals surface area contributed by atoms with E-state index >= 15 is 0 Å². The van der Waals surface area contributed by atoms with Crippen molar-refractivity contribution in [1.29, 1.82) is 0 Å². The Balaban J connectivity index is 1.36. The van der Waals surface area contributed by atoms with E-state index in [0.717, 1.165) is 30.7 Å². The summed E-state index contributed by atoms with van der Waals surface area (Å²) in [6, 6.07) is 20.3. The van der Waals surface area contributed by atoms with Crippen LogP contribution in [0.15, 0.2) is 60.7 Å². The number of nitrogens with zero attached hydrogens (tertiary/aromatic N) is 1. The number of piperidine rings is 1. The summed E-state index contributed by atoms with van der Waals surface area (Å²) < 4.78 is 5.93. The summed E-state index contributed by atoms with van der Waals surface area (Å²) in [6.45, 7) is 4.20. The van der Waals surface area contributed by atoms with Gasteiger partial charge in [0.15, 0.2) is 0 Å². The molecule has 0 amide bonds. The summed E-state index contributed by atoms with van der Waals surface area (Å²) in [7, 11) is 0. The zero-order chi connectivity index (χ0) is 18.5. The maximum absolute atomic E-state index is 9.68. The van der Waals surface area contributed by atoms with Crippen LogP contribution in [0.25, 0.3) is 10.8 Å². The average Bonchev–Trinajstić information content (AvgIpc) is 2.70. The second kappa shape index (κ2) is 8.45. The van der Waals surface area contributed by atoms with Gasteiger partial charge in [-0.3, -0.25) is 4.90 Å². The molecule has 3 heteroatoms. The summed E-state index contributed by atoms with van der Waals surface area (Å²) >= 11 is 0. The molecule has 1 saturated heterocycles. The minimum Gasteiger partial charge on any atom is -0.508 e. The lowest BCUT2D eigenvalue weighted by atomic mass is 9.98. The number of phenols is 1. The van der Waals surface area contributed by atoms with Gasteiger partial charge >= 0.3 is 0 Å². The molecule has 0 radical (unpaired) electrons. The minimum atomic E-state index is 0.311. The first-order valence-corrected chi connectivity index (χ1v) is 9.93. The van der Waals surface area contributed by atoms with Crippen LogP contribution in [0, 0.1) is 0 Å². The third kappa shape index (κ3) is 4.61. The van der Waals surface area contributed by atoms with Crippen molar-refractivity contribution in [2.45, 2.75) is 25.7 Å². The van der Waals surface area contributed by atoms with Crippen molar-refractivity contribution in [2.24, 2.45) is 0 Å². The fourth-order valence-corrected chi connectivity index (χ4v) is 3.89. The zero-order valence-electron chi connectivity index (χ0n) is 15.7. The predicted molar refractivity (Wildman–Crippen MR) is 111 cm³/mol. The van der Waals surface area contributed by atoms with Crippen LogP contribution in [0.5, 0.6) is 11.5 Å². The molecule has 0 aromatic heterocycles. The molecule has 1 aliphatic heterocycles. The lowest BCUT2D eigenvalue weighted by Gasteiger charge is -2.26. The fraction of sp³-hybridized carbons (Fsp3) is 0.333. The van der Waals surface area contributed by atoms with Gasteiger partial charge in [-0.2, -0.15) is 0 Å². The number of phenolic OH excluding ortho intramolecular Hbond substituents is 1. The van der Waals surface area contributed by atoms with Crippen molar-refractivity contribution in [3.63, 3.8) is 0 Å². The van der Waals surface area contributed by atoms with E-state index in [0.29, 0.717) is 5.75 Å². The Hall–Kier alpha value is -2.52. The van der Waals surface area contributed by atoms with Crippen molar-refractivity contribution in [3.05, 3.63) is 71.8 Å². The van der Waals surface area contributed by atoms with E-state index in [1.54, 1.807) is 6.07 Å². The number of benzene rings is 3. The van der Waals surface area contributed by atoms with Gasteiger partial charge in [0.25, 0.3) is 0 Å². The maximum Gasteiger partial charge on any atom is 0.119 e. The number of likely N-dealkylation sites (tertiary alicyclic amines) is 1. The highest BCUT2D eigenvalue weighted by Crippen LogP contribution is 2.25. The van der Waals surface area contributed by atoms with E-state index in [1.807, 2.05) is 18.2 Å². The molecule has 3 aromatic carbocycles. The van der Waals surface area contributed by atoms with Gasteiger partial charge in [-0.05, 0) is 78.5 Å². The Labute approximate surface area is 161 Å². The molecule has 1 heterocycles. The monoisotopic (exact) mass is 361 g/mol. The van der Waals surface area contributed by atoms with E-state index in [1.165, 1.54) is 48.9 Å². The SMILES string of the molecule is Oc1ccc2c(Cc3ccc(OCCN4CCCCC4)cc3)cccc2c1. The molecular formula is C24H27NO2. The highest BCUT2D eigenvalue weighted by atomic mass is 16.5. The summed E-state index contributed by atoms with van der Waals surface area (Å²) in [6.07, 6.45) is 4.89. The Kier molecular flexibility index (Phi) is 5.59.